The highest BCUT2D eigenvalue weighted by Gasteiger charge is 2.31. The predicted molar refractivity (Wildman–Crippen MR) is 119 cm³/mol. The Bertz CT molecular complexity index is 960. The van der Waals surface area contributed by atoms with Gasteiger partial charge in [-0.2, -0.15) is 0 Å². The van der Waals surface area contributed by atoms with Crippen LogP contribution in [0.3, 0.4) is 0 Å². The average Bonchev–Trinajstić information content (AvgIpc) is 3.14. The maximum Gasteiger partial charge on any atom is 0.407 e. The molecule has 4 rings (SSSR count). The summed E-state index contributed by atoms with van der Waals surface area (Å²) < 4.78 is 5.49. The number of carboxylic acids is 1. The van der Waals surface area contributed by atoms with Crippen LogP contribution in [0.1, 0.15) is 49.1 Å². The van der Waals surface area contributed by atoms with Crippen molar-refractivity contribution >= 4 is 18.0 Å². The first-order chi connectivity index (χ1) is 15.6. The highest BCUT2D eigenvalue weighted by Crippen LogP contribution is 2.44. The molecule has 0 saturated carbocycles. The number of carboxylic acid groups (broad SMARTS) is 1. The fourth-order valence-electron chi connectivity index (χ4n) is 4.71. The van der Waals surface area contributed by atoms with Gasteiger partial charge in [0.05, 0.1) is 0 Å². The van der Waals surface area contributed by atoms with Crippen molar-refractivity contribution in [2.24, 2.45) is 0 Å². The van der Waals surface area contributed by atoms with Gasteiger partial charge in [-0.05, 0) is 47.9 Å². The fraction of sp³-hybridized carbons (Fsp3) is 0.400. The Kier molecular flexibility index (Phi) is 6.73. The van der Waals surface area contributed by atoms with E-state index in [0.29, 0.717) is 25.9 Å². The quantitative estimate of drug-likeness (QED) is 0.644. The third-order valence-electron chi connectivity index (χ3n) is 6.29. The summed E-state index contributed by atoms with van der Waals surface area (Å²) in [4.78, 5) is 37.4. The minimum Gasteiger partial charge on any atom is -0.480 e. The minimum absolute atomic E-state index is 0.00165. The predicted octanol–water partition coefficient (Wildman–Crippen LogP) is 3.77. The Morgan fingerprint density at radius 2 is 1.66 bits per heavy atom. The van der Waals surface area contributed by atoms with E-state index in [4.69, 9.17) is 4.74 Å². The van der Waals surface area contributed by atoms with Crippen molar-refractivity contribution in [3.63, 3.8) is 0 Å². The molecule has 7 nitrogen and oxygen atoms in total. The molecule has 2 aromatic carbocycles. The van der Waals surface area contributed by atoms with E-state index in [9.17, 15) is 19.5 Å². The molecule has 1 atom stereocenters. The van der Waals surface area contributed by atoms with Gasteiger partial charge in [-0.1, -0.05) is 48.5 Å². The van der Waals surface area contributed by atoms with Gasteiger partial charge in [-0.25, -0.2) is 9.59 Å². The summed E-state index contributed by atoms with van der Waals surface area (Å²) in [5.74, 6) is -1.12. The molecule has 32 heavy (non-hydrogen) atoms. The number of piperidine rings is 1. The Morgan fingerprint density at radius 3 is 2.31 bits per heavy atom. The van der Waals surface area contributed by atoms with Crippen molar-refractivity contribution in [2.75, 3.05) is 19.7 Å². The summed E-state index contributed by atoms with van der Waals surface area (Å²) in [6, 6.07) is 15.6. The maximum absolute atomic E-state index is 12.4. The van der Waals surface area contributed by atoms with Crippen LogP contribution in [0.4, 0.5) is 4.79 Å². The second-order valence-electron chi connectivity index (χ2n) is 8.29. The van der Waals surface area contributed by atoms with Crippen LogP contribution in [0.15, 0.2) is 48.5 Å². The Balaban J connectivity index is 1.23. The lowest BCUT2D eigenvalue weighted by Crippen LogP contribution is -2.48. The number of hydrogen-bond acceptors (Lipinski definition) is 4. The first-order valence-electron chi connectivity index (χ1n) is 11.2. The van der Waals surface area contributed by atoms with Gasteiger partial charge in [0, 0.05) is 25.4 Å². The lowest BCUT2D eigenvalue weighted by atomic mass is 9.98. The zero-order valence-electron chi connectivity index (χ0n) is 18.0. The SMILES string of the molecule is O=C(NCCCC(=O)N1CCCCC1C(=O)O)OCC1c2ccccc2-c2ccccc21. The smallest absolute Gasteiger partial charge is 0.407 e. The van der Waals surface area contributed by atoms with Gasteiger partial charge in [-0.15, -0.1) is 0 Å². The van der Waals surface area contributed by atoms with Gasteiger partial charge in [-0.3, -0.25) is 4.79 Å². The van der Waals surface area contributed by atoms with Gasteiger partial charge >= 0.3 is 12.1 Å². The Labute approximate surface area is 187 Å². The third kappa shape index (κ3) is 4.61. The van der Waals surface area contributed by atoms with Crippen molar-refractivity contribution in [3.8, 4) is 11.1 Å². The van der Waals surface area contributed by atoms with Crippen LogP contribution in [0, 0.1) is 0 Å². The highest BCUT2D eigenvalue weighted by molar-refractivity contribution is 5.84. The van der Waals surface area contributed by atoms with Crippen molar-refractivity contribution in [1.29, 1.82) is 0 Å². The molecule has 0 bridgehead atoms. The summed E-state index contributed by atoms with van der Waals surface area (Å²) in [6.45, 7) is 1.02. The second kappa shape index (κ2) is 9.85. The number of rotatable bonds is 7. The molecule has 1 aliphatic heterocycles. The third-order valence-corrected chi connectivity index (χ3v) is 6.29. The standard InChI is InChI=1S/C25H28N2O5/c28-23(27-15-6-5-12-22(27)24(29)30)13-7-14-26-25(31)32-16-21-19-10-3-1-8-17(19)18-9-2-4-11-20(18)21/h1-4,8-11,21-22H,5-7,12-16H2,(H,26,31)(H,29,30). The molecule has 7 heteroatoms. The van der Waals surface area contributed by atoms with Gasteiger partial charge in [0.15, 0.2) is 0 Å². The monoisotopic (exact) mass is 436 g/mol. The first-order valence-corrected chi connectivity index (χ1v) is 11.2. The molecule has 1 saturated heterocycles. The van der Waals surface area contributed by atoms with E-state index in [0.717, 1.165) is 24.0 Å². The Morgan fingerprint density at radius 1 is 1.00 bits per heavy atom. The molecule has 0 spiro atoms. The largest absolute Gasteiger partial charge is 0.480 e. The van der Waals surface area contributed by atoms with Crippen LogP contribution in [-0.4, -0.2) is 53.7 Å². The van der Waals surface area contributed by atoms with Crippen LogP contribution in [0.5, 0.6) is 0 Å². The molecule has 2 amide bonds. The number of carbonyl (C=O) groups is 3. The second-order valence-corrected chi connectivity index (χ2v) is 8.29. The van der Waals surface area contributed by atoms with Gasteiger partial charge in [0.25, 0.3) is 0 Å². The van der Waals surface area contributed by atoms with E-state index in [2.05, 4.69) is 29.6 Å². The molecule has 2 aromatic rings. The molecule has 0 aromatic heterocycles. The van der Waals surface area contributed by atoms with Crippen molar-refractivity contribution in [2.45, 2.75) is 44.1 Å². The Hall–Kier alpha value is -3.35. The van der Waals surface area contributed by atoms with Crippen LogP contribution < -0.4 is 5.32 Å². The zero-order valence-corrected chi connectivity index (χ0v) is 18.0. The molecule has 2 N–H and O–H groups in total. The van der Waals surface area contributed by atoms with E-state index >= 15 is 0 Å². The normalized spacial score (nSPS) is 17.4. The average molecular weight is 437 g/mol. The number of hydrogen-bond donors (Lipinski definition) is 2. The minimum atomic E-state index is -0.949. The van der Waals surface area contributed by atoms with Gasteiger partial charge in [0.2, 0.25) is 5.91 Å². The van der Waals surface area contributed by atoms with Crippen LogP contribution in [0.25, 0.3) is 11.1 Å². The first kappa shape index (κ1) is 21.9. The van der Waals surface area contributed by atoms with E-state index in [1.807, 2.05) is 24.3 Å². The number of fused-ring (bicyclic) bond motifs is 3. The number of nitrogens with zero attached hydrogens (tertiary/aromatic N) is 1. The lowest BCUT2D eigenvalue weighted by Gasteiger charge is -2.33. The molecule has 1 fully saturated rings. The summed E-state index contributed by atoms with van der Waals surface area (Å²) in [5, 5.41) is 12.0. The maximum atomic E-state index is 12.4. The van der Waals surface area contributed by atoms with E-state index < -0.39 is 18.1 Å². The number of amides is 2. The molecule has 0 radical (unpaired) electrons. The number of likely N-dealkylation sites (tertiary alicyclic amines) is 1. The van der Waals surface area contributed by atoms with E-state index in [1.165, 1.54) is 16.0 Å². The number of nitrogens with one attached hydrogen (secondary N) is 1. The number of alkyl carbamates (subject to hydrolysis) is 1. The van der Waals surface area contributed by atoms with E-state index in [1.54, 1.807) is 0 Å². The number of carbonyl (C=O) groups excluding carboxylic acids is 2. The molecule has 1 aliphatic carbocycles. The molecule has 168 valence electrons. The van der Waals surface area contributed by atoms with Crippen LogP contribution >= 0.6 is 0 Å². The topological polar surface area (TPSA) is 95.9 Å². The van der Waals surface area contributed by atoms with Crippen LogP contribution in [0.2, 0.25) is 0 Å². The number of aliphatic carboxylic acids is 1. The fourth-order valence-corrected chi connectivity index (χ4v) is 4.71. The highest BCUT2D eigenvalue weighted by atomic mass is 16.5. The molecule has 1 unspecified atom stereocenters. The zero-order chi connectivity index (χ0) is 22.5. The number of ether oxygens (including phenoxy) is 1. The molecule has 1 heterocycles. The summed E-state index contributed by atoms with van der Waals surface area (Å²) in [6.07, 6.45) is 2.27. The number of benzene rings is 2. The molecular weight excluding hydrogens is 408 g/mol. The van der Waals surface area contributed by atoms with Gasteiger partial charge < -0.3 is 20.1 Å². The molecule has 2 aliphatic rings. The summed E-state index contributed by atoms with van der Waals surface area (Å²) in [7, 11) is 0. The lowest BCUT2D eigenvalue weighted by molar-refractivity contribution is -0.152. The molecular formula is C25H28N2O5. The van der Waals surface area contributed by atoms with Gasteiger partial charge in [0.1, 0.15) is 12.6 Å². The van der Waals surface area contributed by atoms with Crippen LogP contribution in [-0.2, 0) is 14.3 Å². The van der Waals surface area contributed by atoms with Crippen molar-refractivity contribution < 1.29 is 24.2 Å². The summed E-state index contributed by atoms with van der Waals surface area (Å²) in [5.41, 5.74) is 4.66. The van der Waals surface area contributed by atoms with Crippen molar-refractivity contribution in [3.05, 3.63) is 59.7 Å². The van der Waals surface area contributed by atoms with Crippen molar-refractivity contribution in [1.82, 2.24) is 10.2 Å². The van der Waals surface area contributed by atoms with E-state index in [-0.39, 0.29) is 24.9 Å². The summed E-state index contributed by atoms with van der Waals surface area (Å²) >= 11 is 0.